The number of allylic oxidation sites excluding steroid dienone is 3. The van der Waals surface area contributed by atoms with E-state index in [0.717, 1.165) is 6.42 Å². The molecule has 1 aliphatic rings. The number of benzene rings is 3. The molecule has 134 valence electrons. The van der Waals surface area contributed by atoms with E-state index in [4.69, 9.17) is 5.73 Å². The lowest BCUT2D eigenvalue weighted by Crippen LogP contribution is -2.28. The standard InChI is InChI=1S/C26H25N/c1-2-11-24-23(18-19-27)22-16-9-10-17-25(22)26(24,20-12-5-3-6-13-20)21-14-7-4-8-15-21/h3-18H,2,19,27H2,1H3/b23-18-,24-11+. The molecule has 0 amide bonds. The predicted octanol–water partition coefficient (Wildman–Crippen LogP) is 5.71. The molecule has 1 aliphatic carbocycles. The van der Waals surface area contributed by atoms with Crippen LogP contribution in [0.1, 0.15) is 35.6 Å². The molecule has 0 fully saturated rings. The van der Waals surface area contributed by atoms with Crippen molar-refractivity contribution in [2.24, 2.45) is 5.73 Å². The minimum absolute atomic E-state index is 0.309. The molecule has 4 rings (SSSR count). The Morgan fingerprint density at radius 3 is 1.85 bits per heavy atom. The highest BCUT2D eigenvalue weighted by molar-refractivity contribution is 5.94. The molecule has 3 aromatic rings. The zero-order chi connectivity index (χ0) is 18.7. The van der Waals surface area contributed by atoms with Crippen LogP contribution in [0.4, 0.5) is 0 Å². The van der Waals surface area contributed by atoms with E-state index in [1.54, 1.807) is 0 Å². The summed E-state index contributed by atoms with van der Waals surface area (Å²) in [7, 11) is 0. The number of fused-ring (bicyclic) bond motifs is 1. The van der Waals surface area contributed by atoms with Crippen molar-refractivity contribution in [1.29, 1.82) is 0 Å². The number of hydrogen-bond donors (Lipinski definition) is 1. The third-order valence-corrected chi connectivity index (χ3v) is 5.46. The normalized spacial score (nSPS) is 18.0. The van der Waals surface area contributed by atoms with Crippen LogP contribution in [-0.4, -0.2) is 6.54 Å². The van der Waals surface area contributed by atoms with Crippen molar-refractivity contribution in [2.75, 3.05) is 6.54 Å². The maximum absolute atomic E-state index is 5.99. The number of rotatable bonds is 4. The molecular formula is C26H25N. The molecule has 0 heterocycles. The maximum atomic E-state index is 5.99. The van der Waals surface area contributed by atoms with E-state index in [0.29, 0.717) is 6.54 Å². The topological polar surface area (TPSA) is 26.0 Å². The molecule has 0 saturated heterocycles. The Morgan fingerprint density at radius 1 is 0.741 bits per heavy atom. The largest absolute Gasteiger partial charge is 0.327 e. The van der Waals surface area contributed by atoms with Gasteiger partial charge in [-0.3, -0.25) is 0 Å². The van der Waals surface area contributed by atoms with Gasteiger partial charge in [0.2, 0.25) is 0 Å². The smallest absolute Gasteiger partial charge is 0.0710 e. The fraction of sp³-hybridized carbons (Fsp3) is 0.154. The quantitative estimate of drug-likeness (QED) is 0.640. The Labute approximate surface area is 161 Å². The van der Waals surface area contributed by atoms with Crippen molar-refractivity contribution in [3.8, 4) is 0 Å². The molecule has 0 bridgehead atoms. The molecule has 1 heteroatoms. The summed E-state index contributed by atoms with van der Waals surface area (Å²) in [5.74, 6) is 0. The fourth-order valence-corrected chi connectivity index (χ4v) is 4.51. The van der Waals surface area contributed by atoms with Gasteiger partial charge in [-0.15, -0.1) is 0 Å². The molecule has 0 radical (unpaired) electrons. The summed E-state index contributed by atoms with van der Waals surface area (Å²) in [5.41, 5.74) is 13.5. The first-order valence-electron chi connectivity index (χ1n) is 9.66. The molecular weight excluding hydrogens is 326 g/mol. The second kappa shape index (κ2) is 7.38. The van der Waals surface area contributed by atoms with Gasteiger partial charge in [0.15, 0.2) is 0 Å². The Bertz CT molecular complexity index is 941. The second-order valence-electron chi connectivity index (χ2n) is 6.91. The fourth-order valence-electron chi connectivity index (χ4n) is 4.51. The lowest BCUT2D eigenvalue weighted by Gasteiger charge is -2.34. The Hall–Kier alpha value is -2.90. The van der Waals surface area contributed by atoms with Crippen LogP contribution in [0.2, 0.25) is 0 Å². The predicted molar refractivity (Wildman–Crippen MR) is 115 cm³/mol. The summed E-state index contributed by atoms with van der Waals surface area (Å²) in [6, 6.07) is 30.5. The average molecular weight is 351 g/mol. The van der Waals surface area contributed by atoms with Gasteiger partial charge in [-0.1, -0.05) is 104 Å². The molecule has 0 saturated carbocycles. The van der Waals surface area contributed by atoms with Crippen LogP contribution in [0.15, 0.2) is 103 Å². The Balaban J connectivity index is 2.17. The van der Waals surface area contributed by atoms with Crippen LogP contribution in [0.5, 0.6) is 0 Å². The minimum atomic E-state index is -0.309. The van der Waals surface area contributed by atoms with E-state index in [1.165, 1.54) is 33.4 Å². The summed E-state index contributed by atoms with van der Waals surface area (Å²) in [4.78, 5) is 0. The van der Waals surface area contributed by atoms with Crippen molar-refractivity contribution in [3.05, 3.63) is 125 Å². The van der Waals surface area contributed by atoms with E-state index >= 15 is 0 Å². The minimum Gasteiger partial charge on any atom is -0.327 e. The van der Waals surface area contributed by atoms with Gasteiger partial charge in [0.05, 0.1) is 5.41 Å². The number of nitrogens with two attached hydrogens (primary N) is 1. The third-order valence-electron chi connectivity index (χ3n) is 5.46. The van der Waals surface area contributed by atoms with E-state index in [2.05, 4.69) is 104 Å². The van der Waals surface area contributed by atoms with Gasteiger partial charge in [-0.05, 0) is 39.8 Å². The van der Waals surface area contributed by atoms with Gasteiger partial charge in [0.25, 0.3) is 0 Å². The van der Waals surface area contributed by atoms with Gasteiger partial charge in [-0.2, -0.15) is 0 Å². The monoisotopic (exact) mass is 351 g/mol. The van der Waals surface area contributed by atoms with Crippen molar-refractivity contribution < 1.29 is 0 Å². The van der Waals surface area contributed by atoms with E-state index in [9.17, 15) is 0 Å². The Kier molecular flexibility index (Phi) is 4.79. The van der Waals surface area contributed by atoms with Crippen molar-refractivity contribution in [3.63, 3.8) is 0 Å². The summed E-state index contributed by atoms with van der Waals surface area (Å²) in [6.45, 7) is 2.74. The van der Waals surface area contributed by atoms with Crippen LogP contribution in [0.3, 0.4) is 0 Å². The lowest BCUT2D eigenvalue weighted by molar-refractivity contribution is 0.764. The van der Waals surface area contributed by atoms with Gasteiger partial charge >= 0.3 is 0 Å². The summed E-state index contributed by atoms with van der Waals surface area (Å²) in [6.07, 6.45) is 5.53. The second-order valence-corrected chi connectivity index (χ2v) is 6.91. The first-order chi connectivity index (χ1) is 13.3. The Morgan fingerprint density at radius 2 is 1.30 bits per heavy atom. The molecule has 3 aromatic carbocycles. The first kappa shape index (κ1) is 17.5. The van der Waals surface area contributed by atoms with Crippen LogP contribution < -0.4 is 5.73 Å². The van der Waals surface area contributed by atoms with E-state index in [-0.39, 0.29) is 5.41 Å². The molecule has 2 N–H and O–H groups in total. The van der Waals surface area contributed by atoms with Crippen LogP contribution in [-0.2, 0) is 5.41 Å². The van der Waals surface area contributed by atoms with Crippen LogP contribution in [0.25, 0.3) is 5.57 Å². The van der Waals surface area contributed by atoms with Crippen molar-refractivity contribution in [2.45, 2.75) is 18.8 Å². The molecule has 0 aliphatic heterocycles. The van der Waals surface area contributed by atoms with Crippen molar-refractivity contribution in [1.82, 2.24) is 0 Å². The first-order valence-corrected chi connectivity index (χ1v) is 9.66. The van der Waals surface area contributed by atoms with Gasteiger partial charge in [0.1, 0.15) is 0 Å². The highest BCUT2D eigenvalue weighted by Crippen LogP contribution is 2.57. The average Bonchev–Trinajstić information content (AvgIpc) is 3.01. The highest BCUT2D eigenvalue weighted by atomic mass is 14.5. The molecule has 0 atom stereocenters. The highest BCUT2D eigenvalue weighted by Gasteiger charge is 2.47. The molecule has 0 spiro atoms. The molecule has 0 aromatic heterocycles. The van der Waals surface area contributed by atoms with Crippen LogP contribution >= 0.6 is 0 Å². The zero-order valence-corrected chi connectivity index (χ0v) is 15.7. The molecule has 27 heavy (non-hydrogen) atoms. The van der Waals surface area contributed by atoms with E-state index in [1.807, 2.05) is 0 Å². The molecule has 1 nitrogen and oxygen atoms in total. The van der Waals surface area contributed by atoms with E-state index < -0.39 is 0 Å². The van der Waals surface area contributed by atoms with Crippen LogP contribution in [0, 0.1) is 0 Å². The molecule has 0 unspecified atom stereocenters. The van der Waals surface area contributed by atoms with Gasteiger partial charge < -0.3 is 5.73 Å². The maximum Gasteiger partial charge on any atom is 0.0710 e. The van der Waals surface area contributed by atoms with Crippen molar-refractivity contribution >= 4 is 5.57 Å². The summed E-state index contributed by atoms with van der Waals surface area (Å²) < 4.78 is 0. The SMILES string of the molecule is CC/C=C1\C(=C/CN)c2ccccc2C1(c1ccccc1)c1ccccc1. The zero-order valence-electron chi connectivity index (χ0n) is 15.7. The summed E-state index contributed by atoms with van der Waals surface area (Å²) in [5, 5.41) is 0. The lowest BCUT2D eigenvalue weighted by atomic mass is 9.67. The summed E-state index contributed by atoms with van der Waals surface area (Å²) >= 11 is 0. The number of hydrogen-bond acceptors (Lipinski definition) is 1. The van der Waals surface area contributed by atoms with Gasteiger partial charge in [0, 0.05) is 6.54 Å². The van der Waals surface area contributed by atoms with Gasteiger partial charge in [-0.25, -0.2) is 0 Å². The third kappa shape index (κ3) is 2.67.